The molecule has 0 saturated carbocycles. The molecule has 9 nitrogen and oxygen atoms in total. The Morgan fingerprint density at radius 2 is 1.80 bits per heavy atom. The van der Waals surface area contributed by atoms with Gasteiger partial charge in [0.1, 0.15) is 0 Å². The van der Waals surface area contributed by atoms with E-state index in [9.17, 15) is 9.59 Å². The summed E-state index contributed by atoms with van der Waals surface area (Å²) in [6.07, 6.45) is 1.58. The van der Waals surface area contributed by atoms with Crippen molar-refractivity contribution in [2.45, 2.75) is 39.8 Å². The molecule has 0 aliphatic rings. The highest BCUT2D eigenvalue weighted by molar-refractivity contribution is 7.13. The highest BCUT2D eigenvalue weighted by atomic mass is 32.1. The van der Waals surface area contributed by atoms with Crippen LogP contribution >= 0.6 is 11.3 Å². The minimum atomic E-state index is -0.491. The van der Waals surface area contributed by atoms with Gasteiger partial charge < -0.3 is 9.47 Å². The number of hydrazine groups is 1. The van der Waals surface area contributed by atoms with Crippen LogP contribution in [0.25, 0.3) is 21.6 Å². The summed E-state index contributed by atoms with van der Waals surface area (Å²) in [5.41, 5.74) is 6.93. The second kappa shape index (κ2) is 10.1. The van der Waals surface area contributed by atoms with Crippen molar-refractivity contribution >= 4 is 34.2 Å². The minimum absolute atomic E-state index is 0.0424. The van der Waals surface area contributed by atoms with Gasteiger partial charge in [0.2, 0.25) is 0 Å². The number of hydrogen-bond acceptors (Lipinski definition) is 7. The SMILES string of the molecule is COc1cc(C(=O)NNC(=O)c2cc(-c3cccs3)nc3c2cnn3C(C)C)ccc1OC(C)C. The number of methoxy groups -OCH3 is 1. The molecule has 4 aromatic rings. The molecule has 2 amide bonds. The van der Waals surface area contributed by atoms with E-state index in [1.807, 2.05) is 45.2 Å². The predicted molar refractivity (Wildman–Crippen MR) is 135 cm³/mol. The number of carbonyl (C=O) groups excluding carboxylic acids is 2. The Morgan fingerprint density at radius 3 is 2.46 bits per heavy atom. The van der Waals surface area contributed by atoms with Crippen LogP contribution in [0.4, 0.5) is 0 Å². The lowest BCUT2D eigenvalue weighted by atomic mass is 10.1. The molecule has 0 aliphatic heterocycles. The van der Waals surface area contributed by atoms with Crippen molar-refractivity contribution < 1.29 is 19.1 Å². The Bertz CT molecular complexity index is 1360. The summed E-state index contributed by atoms with van der Waals surface area (Å²) in [5, 5.41) is 6.97. The third kappa shape index (κ3) is 5.12. The van der Waals surface area contributed by atoms with E-state index in [4.69, 9.17) is 14.5 Å². The van der Waals surface area contributed by atoms with Crippen LogP contribution in [0.15, 0.2) is 48.0 Å². The van der Waals surface area contributed by atoms with Gasteiger partial charge in [-0.25, -0.2) is 9.67 Å². The zero-order valence-electron chi connectivity index (χ0n) is 20.2. The molecular formula is C25H27N5O4S. The minimum Gasteiger partial charge on any atom is -0.493 e. The number of pyridine rings is 1. The molecule has 3 heterocycles. The maximum Gasteiger partial charge on any atom is 0.270 e. The Kier molecular flexibility index (Phi) is 7.02. The van der Waals surface area contributed by atoms with E-state index < -0.39 is 11.8 Å². The number of hydrogen-bond donors (Lipinski definition) is 2. The molecule has 0 radical (unpaired) electrons. The summed E-state index contributed by atoms with van der Waals surface area (Å²) in [5.74, 6) is -0.00580. The average Bonchev–Trinajstić information content (AvgIpc) is 3.51. The van der Waals surface area contributed by atoms with Crippen LogP contribution in [0, 0.1) is 0 Å². The fourth-order valence-electron chi connectivity index (χ4n) is 3.55. The fraction of sp³-hybridized carbons (Fsp3) is 0.280. The van der Waals surface area contributed by atoms with Gasteiger partial charge in [0, 0.05) is 11.6 Å². The first-order valence-electron chi connectivity index (χ1n) is 11.2. The molecule has 1 aromatic carbocycles. The summed E-state index contributed by atoms with van der Waals surface area (Å²) in [4.78, 5) is 31.6. The topological polar surface area (TPSA) is 107 Å². The van der Waals surface area contributed by atoms with E-state index in [1.54, 1.807) is 35.1 Å². The third-order valence-electron chi connectivity index (χ3n) is 5.15. The van der Waals surface area contributed by atoms with Crippen molar-refractivity contribution in [2.24, 2.45) is 0 Å². The number of fused-ring (bicyclic) bond motifs is 1. The number of benzene rings is 1. The molecule has 2 N–H and O–H groups in total. The summed E-state index contributed by atoms with van der Waals surface area (Å²) < 4.78 is 12.8. The lowest BCUT2D eigenvalue weighted by molar-refractivity contribution is 0.0847. The van der Waals surface area contributed by atoms with Gasteiger partial charge in [0.25, 0.3) is 11.8 Å². The highest BCUT2D eigenvalue weighted by Gasteiger charge is 2.20. The molecule has 0 spiro atoms. The van der Waals surface area contributed by atoms with Crippen molar-refractivity contribution in [2.75, 3.05) is 7.11 Å². The largest absolute Gasteiger partial charge is 0.493 e. The van der Waals surface area contributed by atoms with E-state index in [0.717, 1.165) is 4.88 Å². The van der Waals surface area contributed by atoms with Gasteiger partial charge in [0.05, 0.1) is 40.9 Å². The van der Waals surface area contributed by atoms with Crippen molar-refractivity contribution in [1.29, 1.82) is 0 Å². The van der Waals surface area contributed by atoms with E-state index in [0.29, 0.717) is 39.4 Å². The summed E-state index contributed by atoms with van der Waals surface area (Å²) in [6, 6.07) is 10.5. The van der Waals surface area contributed by atoms with Crippen molar-refractivity contribution in [3.8, 4) is 22.1 Å². The Hall–Kier alpha value is -3.92. The van der Waals surface area contributed by atoms with Crippen molar-refractivity contribution in [1.82, 2.24) is 25.6 Å². The van der Waals surface area contributed by atoms with E-state index in [-0.39, 0.29) is 12.1 Å². The second-order valence-corrected chi connectivity index (χ2v) is 9.34. The monoisotopic (exact) mass is 493 g/mol. The highest BCUT2D eigenvalue weighted by Crippen LogP contribution is 2.30. The molecule has 0 unspecified atom stereocenters. The number of aromatic nitrogens is 3. The number of ether oxygens (including phenoxy) is 2. The van der Waals surface area contributed by atoms with Crippen LogP contribution in [0.3, 0.4) is 0 Å². The van der Waals surface area contributed by atoms with E-state index in [1.165, 1.54) is 18.4 Å². The molecule has 0 saturated heterocycles. The van der Waals surface area contributed by atoms with E-state index >= 15 is 0 Å². The lowest BCUT2D eigenvalue weighted by Crippen LogP contribution is -2.41. The first-order chi connectivity index (χ1) is 16.8. The summed E-state index contributed by atoms with van der Waals surface area (Å²) in [7, 11) is 1.50. The predicted octanol–water partition coefficient (Wildman–Crippen LogP) is 4.61. The Labute approximate surface area is 207 Å². The molecule has 4 rings (SSSR count). The van der Waals surface area contributed by atoms with Crippen LogP contribution in [-0.4, -0.2) is 39.8 Å². The molecule has 0 bridgehead atoms. The molecule has 35 heavy (non-hydrogen) atoms. The number of amides is 2. The standard InChI is InChI=1S/C25H27N5O4S/c1-14(2)30-23-18(13-26-30)17(12-19(27-23)22-7-6-10-35-22)25(32)29-28-24(31)16-8-9-20(34-15(3)4)21(11-16)33-5/h6-15H,1-5H3,(H,28,31)(H,29,32). The zero-order valence-corrected chi connectivity index (χ0v) is 21.0. The first kappa shape index (κ1) is 24.2. The van der Waals surface area contributed by atoms with Gasteiger partial charge >= 0.3 is 0 Å². The van der Waals surface area contributed by atoms with Gasteiger partial charge in [-0.1, -0.05) is 6.07 Å². The smallest absolute Gasteiger partial charge is 0.270 e. The number of nitrogens with zero attached hydrogens (tertiary/aromatic N) is 3. The maximum atomic E-state index is 13.2. The Morgan fingerprint density at radius 1 is 1.03 bits per heavy atom. The molecule has 0 atom stereocenters. The molecular weight excluding hydrogens is 466 g/mol. The maximum absolute atomic E-state index is 13.2. The number of rotatable bonds is 7. The van der Waals surface area contributed by atoms with Crippen molar-refractivity contribution in [3.05, 3.63) is 59.1 Å². The fourth-order valence-corrected chi connectivity index (χ4v) is 4.23. The Balaban J connectivity index is 1.59. The second-order valence-electron chi connectivity index (χ2n) is 8.39. The molecule has 0 aliphatic carbocycles. The molecule has 182 valence electrons. The summed E-state index contributed by atoms with van der Waals surface area (Å²) >= 11 is 1.53. The number of nitrogens with one attached hydrogen (secondary N) is 2. The molecule has 0 fully saturated rings. The molecule has 3 aromatic heterocycles. The van der Waals surface area contributed by atoms with Gasteiger partial charge in [-0.15, -0.1) is 11.3 Å². The van der Waals surface area contributed by atoms with Crippen LogP contribution in [0.1, 0.15) is 54.5 Å². The van der Waals surface area contributed by atoms with Gasteiger partial charge in [-0.05, 0) is 63.4 Å². The molecule has 10 heteroatoms. The normalized spacial score (nSPS) is 11.2. The van der Waals surface area contributed by atoms with E-state index in [2.05, 4.69) is 16.0 Å². The van der Waals surface area contributed by atoms with Gasteiger partial charge in [-0.3, -0.25) is 20.4 Å². The van der Waals surface area contributed by atoms with Gasteiger partial charge in [0.15, 0.2) is 17.1 Å². The number of carbonyl (C=O) groups is 2. The number of thiophene rings is 1. The average molecular weight is 494 g/mol. The van der Waals surface area contributed by atoms with Crippen LogP contribution in [-0.2, 0) is 0 Å². The first-order valence-corrected chi connectivity index (χ1v) is 12.0. The van der Waals surface area contributed by atoms with Gasteiger partial charge in [-0.2, -0.15) is 5.10 Å². The quantitative estimate of drug-likeness (QED) is 0.364. The van der Waals surface area contributed by atoms with Crippen molar-refractivity contribution in [3.63, 3.8) is 0 Å². The summed E-state index contributed by atoms with van der Waals surface area (Å²) in [6.45, 7) is 7.80. The van der Waals surface area contributed by atoms with Crippen LogP contribution in [0.5, 0.6) is 11.5 Å². The lowest BCUT2D eigenvalue weighted by Gasteiger charge is -2.15. The zero-order chi connectivity index (χ0) is 25.1. The van der Waals surface area contributed by atoms with Crippen LogP contribution < -0.4 is 20.3 Å². The van der Waals surface area contributed by atoms with Crippen LogP contribution in [0.2, 0.25) is 0 Å². The third-order valence-corrected chi connectivity index (χ3v) is 6.04.